The molecule has 0 unspecified atom stereocenters. The van der Waals surface area contributed by atoms with Crippen LogP contribution in [0.4, 0.5) is 5.69 Å². The highest BCUT2D eigenvalue weighted by atomic mass is 32.2. The Morgan fingerprint density at radius 2 is 1.95 bits per heavy atom. The van der Waals surface area contributed by atoms with Crippen molar-refractivity contribution in [3.8, 4) is 0 Å². The van der Waals surface area contributed by atoms with Gasteiger partial charge in [0.25, 0.3) is 0 Å². The highest BCUT2D eigenvalue weighted by Crippen LogP contribution is 2.33. The van der Waals surface area contributed by atoms with E-state index in [1.165, 1.54) is 4.90 Å². The van der Waals surface area contributed by atoms with Crippen molar-refractivity contribution in [3.05, 3.63) is 29.3 Å². The third kappa shape index (κ3) is 2.70. The number of hydrogen-bond donors (Lipinski definition) is 1. The maximum atomic E-state index is 12.3. The molecule has 0 saturated carbocycles. The molecule has 1 heterocycles. The first-order chi connectivity index (χ1) is 9.41. The molecule has 2 rings (SSSR count). The van der Waals surface area contributed by atoms with Gasteiger partial charge in [0.2, 0.25) is 11.8 Å². The first-order valence-corrected chi connectivity index (χ1v) is 7.23. The van der Waals surface area contributed by atoms with Crippen LogP contribution in [0.1, 0.15) is 17.5 Å². The molecule has 0 radical (unpaired) electrons. The number of amides is 2. The quantitative estimate of drug-likeness (QED) is 0.856. The number of thioether (sulfide) groups is 1. The molecule has 1 aliphatic heterocycles. The summed E-state index contributed by atoms with van der Waals surface area (Å²) in [4.78, 5) is 36.2. The van der Waals surface area contributed by atoms with Crippen LogP contribution in [0, 0.1) is 13.8 Å². The van der Waals surface area contributed by atoms with E-state index in [2.05, 4.69) is 0 Å². The molecule has 1 saturated heterocycles. The van der Waals surface area contributed by atoms with Crippen molar-refractivity contribution in [2.75, 3.05) is 10.7 Å². The highest BCUT2D eigenvalue weighted by molar-refractivity contribution is 8.01. The van der Waals surface area contributed by atoms with Gasteiger partial charge in [0.15, 0.2) is 0 Å². The average molecular weight is 293 g/mol. The standard InChI is InChI=1S/C14H15NO4S/c1-8-4-3-5-9(2)13(8)15-11(16)6-10(14(15)19)20-7-12(17)18/h3-5,10H,6-7H2,1-2H3,(H,17,18)/t10-/m0/s1. The molecule has 0 bridgehead atoms. The number of rotatable bonds is 4. The summed E-state index contributed by atoms with van der Waals surface area (Å²) >= 11 is 1.00. The predicted octanol–water partition coefficient (Wildman–Crippen LogP) is 1.75. The number of carbonyl (C=O) groups excluding carboxylic acids is 2. The van der Waals surface area contributed by atoms with E-state index in [-0.39, 0.29) is 24.0 Å². The number of carboxylic acid groups (broad SMARTS) is 1. The van der Waals surface area contributed by atoms with Gasteiger partial charge in [0.05, 0.1) is 16.7 Å². The molecule has 0 spiro atoms. The minimum absolute atomic E-state index is 0.0601. The van der Waals surface area contributed by atoms with Gasteiger partial charge in [-0.2, -0.15) is 0 Å². The normalized spacial score (nSPS) is 18.7. The topological polar surface area (TPSA) is 74.7 Å². The van der Waals surface area contributed by atoms with Crippen molar-refractivity contribution < 1.29 is 19.5 Å². The van der Waals surface area contributed by atoms with Crippen LogP contribution in [0.3, 0.4) is 0 Å². The summed E-state index contributed by atoms with van der Waals surface area (Å²) < 4.78 is 0. The number of carboxylic acids is 1. The van der Waals surface area contributed by atoms with Gasteiger partial charge in [0.1, 0.15) is 0 Å². The molecule has 1 aromatic carbocycles. The number of carbonyl (C=O) groups is 3. The van der Waals surface area contributed by atoms with Gasteiger partial charge in [0, 0.05) is 6.42 Å². The Bertz CT molecular complexity index is 564. The molecule has 5 nitrogen and oxygen atoms in total. The van der Waals surface area contributed by atoms with Crippen molar-refractivity contribution in [2.24, 2.45) is 0 Å². The maximum absolute atomic E-state index is 12.3. The van der Waals surface area contributed by atoms with Gasteiger partial charge in [-0.1, -0.05) is 18.2 Å². The van der Waals surface area contributed by atoms with Gasteiger partial charge in [-0.3, -0.25) is 14.4 Å². The van der Waals surface area contributed by atoms with E-state index < -0.39 is 11.2 Å². The fourth-order valence-corrected chi connectivity index (χ4v) is 3.15. The first kappa shape index (κ1) is 14.6. The summed E-state index contributed by atoms with van der Waals surface area (Å²) in [6.45, 7) is 3.70. The Kier molecular flexibility index (Phi) is 4.13. The van der Waals surface area contributed by atoms with Gasteiger partial charge in [-0.15, -0.1) is 11.8 Å². The SMILES string of the molecule is Cc1cccc(C)c1N1C(=O)C[C@H](SCC(=O)O)C1=O. The van der Waals surface area contributed by atoms with E-state index >= 15 is 0 Å². The summed E-state index contributed by atoms with van der Waals surface area (Å²) in [6, 6.07) is 5.57. The lowest BCUT2D eigenvalue weighted by atomic mass is 10.1. The van der Waals surface area contributed by atoms with Crippen LogP contribution >= 0.6 is 11.8 Å². The van der Waals surface area contributed by atoms with Crippen molar-refractivity contribution >= 4 is 35.2 Å². The average Bonchev–Trinajstić information content (AvgIpc) is 2.63. The van der Waals surface area contributed by atoms with Crippen LogP contribution in [-0.2, 0) is 14.4 Å². The molecule has 1 atom stereocenters. The molecule has 0 aliphatic carbocycles. The van der Waals surface area contributed by atoms with Gasteiger partial charge >= 0.3 is 5.97 Å². The molecule has 1 N–H and O–H groups in total. The third-order valence-electron chi connectivity index (χ3n) is 3.18. The van der Waals surface area contributed by atoms with E-state index in [9.17, 15) is 14.4 Å². The number of nitrogens with zero attached hydrogens (tertiary/aromatic N) is 1. The van der Waals surface area contributed by atoms with Crippen molar-refractivity contribution in [3.63, 3.8) is 0 Å². The number of benzene rings is 1. The molecule has 0 aromatic heterocycles. The van der Waals surface area contributed by atoms with Crippen LogP contribution in [0.5, 0.6) is 0 Å². The summed E-state index contributed by atoms with van der Waals surface area (Å²) in [5.41, 5.74) is 2.34. The molecule has 106 valence electrons. The first-order valence-electron chi connectivity index (χ1n) is 6.18. The lowest BCUT2D eigenvalue weighted by Crippen LogP contribution is -2.32. The summed E-state index contributed by atoms with van der Waals surface area (Å²) in [7, 11) is 0. The number of aryl methyl sites for hydroxylation is 2. The van der Waals surface area contributed by atoms with Crippen LogP contribution < -0.4 is 4.90 Å². The van der Waals surface area contributed by atoms with Gasteiger partial charge in [-0.05, 0) is 25.0 Å². The number of anilines is 1. The fourth-order valence-electron chi connectivity index (χ4n) is 2.30. The molecular weight excluding hydrogens is 278 g/mol. The minimum Gasteiger partial charge on any atom is -0.481 e. The largest absolute Gasteiger partial charge is 0.481 e. The molecule has 1 aromatic rings. The van der Waals surface area contributed by atoms with Gasteiger partial charge < -0.3 is 5.11 Å². The van der Waals surface area contributed by atoms with Gasteiger partial charge in [-0.25, -0.2) is 4.90 Å². The van der Waals surface area contributed by atoms with Crippen LogP contribution in [0.25, 0.3) is 0 Å². The Labute approximate surface area is 121 Å². The zero-order valence-electron chi connectivity index (χ0n) is 11.3. The molecule has 1 fully saturated rings. The van der Waals surface area contributed by atoms with Crippen molar-refractivity contribution in [2.45, 2.75) is 25.5 Å². The number of imide groups is 1. The lowest BCUT2D eigenvalue weighted by Gasteiger charge is -2.19. The summed E-state index contributed by atoms with van der Waals surface area (Å²) in [6.07, 6.45) is 0.0601. The van der Waals surface area contributed by atoms with Crippen LogP contribution in [0.15, 0.2) is 18.2 Å². The molecule has 6 heteroatoms. The van der Waals surface area contributed by atoms with E-state index in [1.54, 1.807) is 0 Å². The second kappa shape index (κ2) is 5.66. The molecule has 2 amide bonds. The monoisotopic (exact) mass is 293 g/mol. The second-order valence-electron chi connectivity index (χ2n) is 4.71. The molecule has 1 aliphatic rings. The van der Waals surface area contributed by atoms with Crippen LogP contribution in [0.2, 0.25) is 0 Å². The van der Waals surface area contributed by atoms with E-state index in [4.69, 9.17) is 5.11 Å². The smallest absolute Gasteiger partial charge is 0.313 e. The fraction of sp³-hybridized carbons (Fsp3) is 0.357. The molecule has 20 heavy (non-hydrogen) atoms. The molecular formula is C14H15NO4S. The zero-order chi connectivity index (χ0) is 14.9. The van der Waals surface area contributed by atoms with Crippen molar-refractivity contribution in [1.29, 1.82) is 0 Å². The Hall–Kier alpha value is -1.82. The predicted molar refractivity (Wildman–Crippen MR) is 76.9 cm³/mol. The number of aliphatic carboxylic acids is 1. The zero-order valence-corrected chi connectivity index (χ0v) is 12.1. The number of hydrogen-bond acceptors (Lipinski definition) is 4. The van der Waals surface area contributed by atoms with Crippen LogP contribution in [-0.4, -0.2) is 33.9 Å². The Morgan fingerprint density at radius 3 is 2.50 bits per heavy atom. The van der Waals surface area contributed by atoms with E-state index in [0.717, 1.165) is 22.9 Å². The number of para-hydroxylation sites is 1. The Morgan fingerprint density at radius 1 is 1.35 bits per heavy atom. The second-order valence-corrected chi connectivity index (χ2v) is 5.90. The van der Waals surface area contributed by atoms with E-state index in [0.29, 0.717) is 5.69 Å². The highest BCUT2D eigenvalue weighted by Gasteiger charge is 2.41. The minimum atomic E-state index is -0.985. The Balaban J connectivity index is 2.27. The third-order valence-corrected chi connectivity index (χ3v) is 4.36. The van der Waals surface area contributed by atoms with E-state index in [1.807, 2.05) is 32.0 Å². The summed E-state index contributed by atoms with van der Waals surface area (Å²) in [5.74, 6) is -1.75. The van der Waals surface area contributed by atoms with Crippen molar-refractivity contribution in [1.82, 2.24) is 0 Å². The lowest BCUT2D eigenvalue weighted by molar-refractivity contribution is -0.134. The summed E-state index contributed by atoms with van der Waals surface area (Å²) in [5, 5.41) is 8.07. The maximum Gasteiger partial charge on any atom is 0.313 e.